The molecule has 0 aromatic heterocycles. The van der Waals surface area contributed by atoms with Gasteiger partial charge in [0.1, 0.15) is 22.5 Å². The molecule has 0 saturated heterocycles. The first kappa shape index (κ1) is 24.1. The lowest BCUT2D eigenvalue weighted by Crippen LogP contribution is -2.15. The topological polar surface area (TPSA) is 0 Å². The molecule has 1 fully saturated rings. The molecule has 0 nitrogen and oxygen atoms in total. The number of unbranched alkanes of at least 4 members (excludes halogenated alkanes) is 2. The Morgan fingerprint density at radius 2 is 1.48 bits per heavy atom. The Labute approximate surface area is 200 Å². The summed E-state index contributed by atoms with van der Waals surface area (Å²) in [5, 5.41) is 0.692. The van der Waals surface area contributed by atoms with Gasteiger partial charge in [-0.25, -0.2) is 13.2 Å². The SMILES string of the molecule is CCCCC[C@H]1CC[C@H](CCc2ccc3c(F)c(-c4cc(F)c(Cl)c(F)c4)ccc3c2)CC1. The fourth-order valence-corrected chi connectivity index (χ4v) is 5.40. The number of aryl methyl sites for hydroxylation is 1. The summed E-state index contributed by atoms with van der Waals surface area (Å²) >= 11 is 5.56. The zero-order chi connectivity index (χ0) is 23.4. The third kappa shape index (κ3) is 5.74. The molecule has 0 unspecified atom stereocenters. The lowest BCUT2D eigenvalue weighted by molar-refractivity contribution is 0.249. The van der Waals surface area contributed by atoms with Crippen LogP contribution in [0.2, 0.25) is 5.02 Å². The molecule has 0 radical (unpaired) electrons. The van der Waals surface area contributed by atoms with Gasteiger partial charge >= 0.3 is 0 Å². The van der Waals surface area contributed by atoms with Crippen molar-refractivity contribution in [2.24, 2.45) is 11.8 Å². The van der Waals surface area contributed by atoms with E-state index in [1.807, 2.05) is 18.2 Å². The summed E-state index contributed by atoms with van der Waals surface area (Å²) in [6.45, 7) is 2.26. The molecule has 0 atom stereocenters. The summed E-state index contributed by atoms with van der Waals surface area (Å²) in [5.41, 5.74) is 1.52. The van der Waals surface area contributed by atoms with Gasteiger partial charge in [-0.15, -0.1) is 0 Å². The first-order valence-electron chi connectivity index (χ1n) is 12.3. The van der Waals surface area contributed by atoms with Crippen molar-refractivity contribution in [3.8, 4) is 11.1 Å². The van der Waals surface area contributed by atoms with Gasteiger partial charge in [0.25, 0.3) is 0 Å². The molecule has 0 amide bonds. The minimum Gasteiger partial charge on any atom is -0.206 e. The Bertz CT molecular complexity index is 1080. The maximum absolute atomic E-state index is 15.2. The molecule has 0 aliphatic heterocycles. The van der Waals surface area contributed by atoms with E-state index in [0.29, 0.717) is 5.39 Å². The van der Waals surface area contributed by atoms with E-state index in [1.54, 1.807) is 12.1 Å². The van der Waals surface area contributed by atoms with Gasteiger partial charge in [0.15, 0.2) is 0 Å². The fourth-order valence-electron chi connectivity index (χ4n) is 5.29. The van der Waals surface area contributed by atoms with E-state index in [2.05, 4.69) is 6.92 Å². The molecule has 0 N–H and O–H groups in total. The summed E-state index contributed by atoms with van der Waals surface area (Å²) in [5.74, 6) is -0.542. The average Bonchev–Trinajstić information content (AvgIpc) is 2.82. The molecule has 4 heteroatoms. The first-order valence-corrected chi connectivity index (χ1v) is 12.7. The second kappa shape index (κ2) is 11.0. The zero-order valence-corrected chi connectivity index (χ0v) is 20.0. The van der Waals surface area contributed by atoms with Crippen LogP contribution in [0.5, 0.6) is 0 Å². The van der Waals surface area contributed by atoms with E-state index in [-0.39, 0.29) is 11.1 Å². The van der Waals surface area contributed by atoms with Crippen molar-refractivity contribution in [3.05, 3.63) is 70.5 Å². The number of rotatable bonds is 8. The highest BCUT2D eigenvalue weighted by Gasteiger charge is 2.21. The van der Waals surface area contributed by atoms with Gasteiger partial charge in [0.2, 0.25) is 0 Å². The minimum atomic E-state index is -0.892. The predicted octanol–water partition coefficient (Wildman–Crippen LogP) is 9.90. The maximum Gasteiger partial charge on any atom is 0.145 e. The first-order chi connectivity index (χ1) is 16.0. The minimum absolute atomic E-state index is 0.142. The lowest BCUT2D eigenvalue weighted by atomic mass is 9.77. The number of fused-ring (bicyclic) bond motifs is 1. The standard InChI is InChI=1S/C29H32ClF3/c1-2-3-4-5-19-6-8-20(9-7-19)10-11-21-12-14-24-22(16-21)13-15-25(29(24)33)23-17-26(31)28(30)27(32)18-23/h12-20H,2-11H2,1H3/t19-,20-. The number of benzene rings is 3. The fraction of sp³-hybridized carbons (Fsp3) is 0.448. The average molecular weight is 473 g/mol. The molecular formula is C29H32ClF3. The van der Waals surface area contributed by atoms with Crippen LogP contribution in [0.4, 0.5) is 13.2 Å². The van der Waals surface area contributed by atoms with E-state index in [9.17, 15) is 8.78 Å². The van der Waals surface area contributed by atoms with Gasteiger partial charge in [-0.2, -0.15) is 0 Å². The summed E-state index contributed by atoms with van der Waals surface area (Å²) in [4.78, 5) is 0. The highest BCUT2D eigenvalue weighted by atomic mass is 35.5. The van der Waals surface area contributed by atoms with Crippen LogP contribution in [0.1, 0.15) is 70.3 Å². The van der Waals surface area contributed by atoms with E-state index >= 15 is 4.39 Å². The Kier molecular flexibility index (Phi) is 8.01. The van der Waals surface area contributed by atoms with Crippen LogP contribution in [0.15, 0.2) is 42.5 Å². The van der Waals surface area contributed by atoms with Gasteiger partial charge < -0.3 is 0 Å². The van der Waals surface area contributed by atoms with Crippen LogP contribution in [0.3, 0.4) is 0 Å². The number of halogens is 4. The number of hydrogen-bond acceptors (Lipinski definition) is 0. The molecule has 0 bridgehead atoms. The zero-order valence-electron chi connectivity index (χ0n) is 19.3. The van der Waals surface area contributed by atoms with Crippen molar-refractivity contribution in [2.75, 3.05) is 0 Å². The molecule has 1 aliphatic carbocycles. The third-order valence-corrected chi connectivity index (χ3v) is 7.70. The van der Waals surface area contributed by atoms with Crippen LogP contribution >= 0.6 is 11.6 Å². The van der Waals surface area contributed by atoms with Gasteiger partial charge in [-0.1, -0.05) is 100 Å². The molecule has 3 aromatic rings. The van der Waals surface area contributed by atoms with E-state index in [4.69, 9.17) is 11.6 Å². The van der Waals surface area contributed by atoms with Crippen LogP contribution in [-0.4, -0.2) is 0 Å². The Hall–Kier alpha value is -2.00. The van der Waals surface area contributed by atoms with E-state index < -0.39 is 22.5 Å². The van der Waals surface area contributed by atoms with E-state index in [0.717, 1.165) is 35.8 Å². The van der Waals surface area contributed by atoms with E-state index in [1.165, 1.54) is 63.4 Å². The van der Waals surface area contributed by atoms with Crippen LogP contribution in [0.25, 0.3) is 21.9 Å². The summed E-state index contributed by atoms with van der Waals surface area (Å²) < 4.78 is 42.9. The molecule has 4 rings (SSSR count). The van der Waals surface area contributed by atoms with Crippen molar-refractivity contribution in [2.45, 2.75) is 71.1 Å². The molecular weight excluding hydrogens is 441 g/mol. The summed E-state index contributed by atoms with van der Waals surface area (Å²) in [6, 6.07) is 11.4. The van der Waals surface area contributed by atoms with Gasteiger partial charge in [-0.05, 0) is 53.3 Å². The summed E-state index contributed by atoms with van der Waals surface area (Å²) in [7, 11) is 0. The molecule has 33 heavy (non-hydrogen) atoms. The van der Waals surface area contributed by atoms with Gasteiger partial charge in [0.05, 0.1) is 0 Å². The monoisotopic (exact) mass is 472 g/mol. The van der Waals surface area contributed by atoms with Crippen molar-refractivity contribution in [1.82, 2.24) is 0 Å². The molecule has 0 spiro atoms. The van der Waals surface area contributed by atoms with Crippen molar-refractivity contribution < 1.29 is 13.2 Å². The Balaban J connectivity index is 1.41. The molecule has 0 heterocycles. The quantitative estimate of drug-likeness (QED) is 0.226. The highest BCUT2D eigenvalue weighted by molar-refractivity contribution is 6.31. The van der Waals surface area contributed by atoms with Crippen molar-refractivity contribution in [1.29, 1.82) is 0 Å². The van der Waals surface area contributed by atoms with Crippen molar-refractivity contribution >= 4 is 22.4 Å². The van der Waals surface area contributed by atoms with Gasteiger partial charge in [-0.3, -0.25) is 0 Å². The molecule has 1 saturated carbocycles. The molecule has 1 aliphatic rings. The predicted molar refractivity (Wildman–Crippen MR) is 132 cm³/mol. The third-order valence-electron chi connectivity index (χ3n) is 7.34. The Morgan fingerprint density at radius 1 is 0.818 bits per heavy atom. The normalized spacial score (nSPS) is 18.7. The second-order valence-electron chi connectivity index (χ2n) is 9.66. The highest BCUT2D eigenvalue weighted by Crippen LogP contribution is 2.35. The number of hydrogen-bond donors (Lipinski definition) is 0. The van der Waals surface area contributed by atoms with Crippen LogP contribution < -0.4 is 0 Å². The van der Waals surface area contributed by atoms with Crippen LogP contribution in [0, 0.1) is 29.3 Å². The molecule has 3 aromatic carbocycles. The van der Waals surface area contributed by atoms with Crippen LogP contribution in [-0.2, 0) is 6.42 Å². The largest absolute Gasteiger partial charge is 0.206 e. The maximum atomic E-state index is 15.2. The van der Waals surface area contributed by atoms with Crippen molar-refractivity contribution in [3.63, 3.8) is 0 Å². The Morgan fingerprint density at radius 3 is 2.15 bits per heavy atom. The molecule has 176 valence electrons. The second-order valence-corrected chi connectivity index (χ2v) is 10.0. The summed E-state index contributed by atoms with van der Waals surface area (Å²) in [6.07, 6.45) is 13.0. The van der Waals surface area contributed by atoms with Gasteiger partial charge in [0, 0.05) is 10.9 Å². The lowest BCUT2D eigenvalue weighted by Gasteiger charge is -2.28. The smallest absolute Gasteiger partial charge is 0.145 e.